The molecule has 0 saturated heterocycles. The van der Waals surface area contributed by atoms with E-state index in [1.807, 2.05) is 6.92 Å². The molecule has 1 fully saturated rings. The molecule has 122 valence electrons. The maximum atomic E-state index is 11.9. The van der Waals surface area contributed by atoms with E-state index >= 15 is 0 Å². The van der Waals surface area contributed by atoms with Crippen molar-refractivity contribution in [3.63, 3.8) is 0 Å². The molecule has 22 heavy (non-hydrogen) atoms. The van der Waals surface area contributed by atoms with Gasteiger partial charge in [0.1, 0.15) is 5.25 Å². The number of hydrogen-bond donors (Lipinski definition) is 1. The molecule has 1 N–H and O–H groups in total. The fourth-order valence-corrected chi connectivity index (χ4v) is 4.14. The molecule has 8 heteroatoms. The van der Waals surface area contributed by atoms with Gasteiger partial charge in [-0.3, -0.25) is 9.59 Å². The first-order chi connectivity index (χ1) is 10.6. The van der Waals surface area contributed by atoms with Crippen LogP contribution in [0.3, 0.4) is 0 Å². The summed E-state index contributed by atoms with van der Waals surface area (Å²) in [5, 5.41) is 11.1. The number of nitrogens with one attached hydrogen (secondary N) is 1. The molecule has 1 aromatic heterocycles. The quantitative estimate of drug-likeness (QED) is 0.444. The van der Waals surface area contributed by atoms with E-state index in [0.717, 1.165) is 32.1 Å². The van der Waals surface area contributed by atoms with E-state index in [-0.39, 0.29) is 23.0 Å². The predicted octanol–water partition coefficient (Wildman–Crippen LogP) is 3.10. The highest BCUT2D eigenvalue weighted by Gasteiger charge is 2.26. The lowest BCUT2D eigenvalue weighted by Gasteiger charge is -2.23. The molecule has 1 heterocycles. The maximum Gasteiger partial charge on any atom is 0.319 e. The zero-order valence-electron chi connectivity index (χ0n) is 12.8. The van der Waals surface area contributed by atoms with Crippen molar-refractivity contribution in [3.05, 3.63) is 0 Å². The van der Waals surface area contributed by atoms with Crippen LogP contribution >= 0.6 is 23.1 Å². The first-order valence-electron chi connectivity index (χ1n) is 7.61. The van der Waals surface area contributed by atoms with E-state index in [9.17, 15) is 9.59 Å². The van der Waals surface area contributed by atoms with E-state index in [1.54, 1.807) is 6.92 Å². The molecule has 0 bridgehead atoms. The third-order valence-electron chi connectivity index (χ3n) is 3.46. The Hall–Kier alpha value is -1.15. The average molecular weight is 343 g/mol. The minimum absolute atomic E-state index is 0.0226. The summed E-state index contributed by atoms with van der Waals surface area (Å²) in [6, 6.07) is 0. The number of amides is 1. The van der Waals surface area contributed by atoms with Crippen LogP contribution in [0.2, 0.25) is 0 Å². The summed E-state index contributed by atoms with van der Waals surface area (Å²) in [6.07, 6.45) is 4.64. The standard InChI is InChI=1S/C14H21N3O3S2/c1-3-6-10(12(19)20-4-2)21-14-17-16-13(22-14)15-11(18)9-7-5-8-9/h9-10H,3-8H2,1-2H3,(H,15,16,18)/t10-/m1/s1. The second-order valence-corrected chi connectivity index (χ2v) is 7.56. The van der Waals surface area contributed by atoms with Crippen LogP contribution in [0.15, 0.2) is 4.34 Å². The van der Waals surface area contributed by atoms with Crippen molar-refractivity contribution in [1.82, 2.24) is 10.2 Å². The Morgan fingerprint density at radius 2 is 2.18 bits per heavy atom. The van der Waals surface area contributed by atoms with Crippen molar-refractivity contribution in [3.8, 4) is 0 Å². The van der Waals surface area contributed by atoms with Crippen LogP contribution < -0.4 is 5.32 Å². The molecule has 6 nitrogen and oxygen atoms in total. The van der Waals surface area contributed by atoms with Crippen molar-refractivity contribution >= 4 is 40.1 Å². The van der Waals surface area contributed by atoms with Crippen LogP contribution in [0.1, 0.15) is 46.0 Å². The molecule has 0 unspecified atom stereocenters. The van der Waals surface area contributed by atoms with Gasteiger partial charge in [-0.25, -0.2) is 0 Å². The van der Waals surface area contributed by atoms with Gasteiger partial charge in [-0.2, -0.15) is 0 Å². The number of carbonyl (C=O) groups is 2. The minimum Gasteiger partial charge on any atom is -0.465 e. The van der Waals surface area contributed by atoms with E-state index in [0.29, 0.717) is 16.1 Å². The van der Waals surface area contributed by atoms with E-state index in [2.05, 4.69) is 15.5 Å². The number of esters is 1. The maximum absolute atomic E-state index is 11.9. The molecule has 1 aromatic rings. The number of thioether (sulfide) groups is 1. The van der Waals surface area contributed by atoms with E-state index in [1.165, 1.54) is 23.1 Å². The van der Waals surface area contributed by atoms with Gasteiger partial charge in [0.2, 0.25) is 11.0 Å². The second-order valence-electron chi connectivity index (χ2n) is 5.14. The molecule has 1 aliphatic rings. The zero-order valence-corrected chi connectivity index (χ0v) is 14.5. The molecule has 1 atom stereocenters. The van der Waals surface area contributed by atoms with Gasteiger partial charge < -0.3 is 10.1 Å². The highest BCUT2D eigenvalue weighted by Crippen LogP contribution is 2.33. The van der Waals surface area contributed by atoms with Crippen LogP contribution in [0.25, 0.3) is 0 Å². The van der Waals surface area contributed by atoms with Gasteiger partial charge in [0, 0.05) is 5.92 Å². The molecule has 1 saturated carbocycles. The number of nitrogens with zero attached hydrogens (tertiary/aromatic N) is 2. The SMILES string of the molecule is CCC[C@@H](Sc1nnc(NC(=O)C2CCC2)s1)C(=O)OCC. The highest BCUT2D eigenvalue weighted by atomic mass is 32.2. The summed E-state index contributed by atoms with van der Waals surface area (Å²) in [6.45, 7) is 4.19. The number of aromatic nitrogens is 2. The summed E-state index contributed by atoms with van der Waals surface area (Å²) in [5.74, 6) is -0.0774. The summed E-state index contributed by atoms with van der Waals surface area (Å²) in [7, 11) is 0. The lowest BCUT2D eigenvalue weighted by molar-refractivity contribution is -0.142. The molecule has 2 rings (SSSR count). The molecule has 0 aromatic carbocycles. The van der Waals surface area contributed by atoms with Gasteiger partial charge in [0.05, 0.1) is 6.61 Å². The Morgan fingerprint density at radius 3 is 2.77 bits per heavy atom. The van der Waals surface area contributed by atoms with Crippen molar-refractivity contribution in [2.75, 3.05) is 11.9 Å². The molecule has 0 radical (unpaired) electrons. The minimum atomic E-state index is -0.270. The lowest BCUT2D eigenvalue weighted by Crippen LogP contribution is -2.27. The van der Waals surface area contributed by atoms with Gasteiger partial charge >= 0.3 is 5.97 Å². The Kier molecular flexibility index (Phi) is 6.63. The van der Waals surface area contributed by atoms with Gasteiger partial charge in [-0.05, 0) is 26.2 Å². The van der Waals surface area contributed by atoms with Gasteiger partial charge in [-0.1, -0.05) is 42.9 Å². The smallest absolute Gasteiger partial charge is 0.319 e. The van der Waals surface area contributed by atoms with Gasteiger partial charge in [0.25, 0.3) is 0 Å². The molecule has 0 spiro atoms. The third-order valence-corrected chi connectivity index (χ3v) is 5.62. The lowest BCUT2D eigenvalue weighted by atomic mass is 9.85. The number of hydrogen-bond acceptors (Lipinski definition) is 7. The Balaban J connectivity index is 1.91. The van der Waals surface area contributed by atoms with Crippen molar-refractivity contribution < 1.29 is 14.3 Å². The molecular formula is C14H21N3O3S2. The van der Waals surface area contributed by atoms with Gasteiger partial charge in [0.15, 0.2) is 4.34 Å². The second kappa shape index (κ2) is 8.47. The molecular weight excluding hydrogens is 322 g/mol. The predicted molar refractivity (Wildman–Crippen MR) is 87.1 cm³/mol. The molecule has 1 amide bonds. The van der Waals surface area contributed by atoms with Crippen molar-refractivity contribution in [1.29, 1.82) is 0 Å². The Morgan fingerprint density at radius 1 is 1.41 bits per heavy atom. The van der Waals surface area contributed by atoms with Crippen molar-refractivity contribution in [2.45, 2.75) is 55.5 Å². The number of anilines is 1. The Bertz CT molecular complexity index is 517. The fourth-order valence-electron chi connectivity index (χ4n) is 2.03. The largest absolute Gasteiger partial charge is 0.465 e. The first-order valence-corrected chi connectivity index (χ1v) is 9.31. The molecule has 0 aliphatic heterocycles. The van der Waals surface area contributed by atoms with Crippen LogP contribution in [-0.4, -0.2) is 33.9 Å². The topological polar surface area (TPSA) is 81.2 Å². The number of rotatable bonds is 8. The van der Waals surface area contributed by atoms with Crippen LogP contribution in [-0.2, 0) is 14.3 Å². The monoisotopic (exact) mass is 343 g/mol. The normalized spacial score (nSPS) is 15.9. The fraction of sp³-hybridized carbons (Fsp3) is 0.714. The van der Waals surface area contributed by atoms with Crippen LogP contribution in [0, 0.1) is 5.92 Å². The van der Waals surface area contributed by atoms with Crippen LogP contribution in [0.4, 0.5) is 5.13 Å². The Labute approximate surface area is 138 Å². The number of ether oxygens (including phenoxy) is 1. The van der Waals surface area contributed by atoms with Crippen LogP contribution in [0.5, 0.6) is 0 Å². The summed E-state index contributed by atoms with van der Waals surface area (Å²) in [4.78, 5) is 23.8. The third kappa shape index (κ3) is 4.67. The van der Waals surface area contributed by atoms with E-state index in [4.69, 9.17) is 4.74 Å². The van der Waals surface area contributed by atoms with E-state index < -0.39 is 0 Å². The summed E-state index contributed by atoms with van der Waals surface area (Å²) < 4.78 is 5.76. The summed E-state index contributed by atoms with van der Waals surface area (Å²) in [5.41, 5.74) is 0. The zero-order chi connectivity index (χ0) is 15.9. The highest BCUT2D eigenvalue weighted by molar-refractivity contribution is 8.02. The van der Waals surface area contributed by atoms with Crippen molar-refractivity contribution in [2.24, 2.45) is 5.92 Å². The average Bonchev–Trinajstić information content (AvgIpc) is 2.83. The molecule has 1 aliphatic carbocycles. The summed E-state index contributed by atoms with van der Waals surface area (Å²) >= 11 is 2.66. The first kappa shape index (κ1) is 17.2. The number of carbonyl (C=O) groups excluding carboxylic acids is 2. The van der Waals surface area contributed by atoms with Gasteiger partial charge in [-0.15, -0.1) is 10.2 Å².